The molecule has 0 radical (unpaired) electrons. The van der Waals surface area contributed by atoms with Crippen LogP contribution in [0.15, 0.2) is 35.3 Å². The molecule has 0 bridgehead atoms. The van der Waals surface area contributed by atoms with Gasteiger partial charge in [-0.1, -0.05) is 18.2 Å². The van der Waals surface area contributed by atoms with Gasteiger partial charge >= 0.3 is 0 Å². The summed E-state index contributed by atoms with van der Waals surface area (Å²) in [4.78, 5) is 4.51. The van der Waals surface area contributed by atoms with Gasteiger partial charge in [-0.2, -0.15) is 0 Å². The molecule has 0 amide bonds. The lowest BCUT2D eigenvalue weighted by Gasteiger charge is -2.22. The SMILES string of the molecule is C[Si](C)(C)OC/N=C(\O[Si](C)(C)C)c1ccccc1. The maximum Gasteiger partial charge on any atom is 0.244 e. The first-order valence-electron chi connectivity index (χ1n) is 6.60. The summed E-state index contributed by atoms with van der Waals surface area (Å²) < 4.78 is 11.8. The zero-order valence-corrected chi connectivity index (χ0v) is 14.9. The molecule has 0 unspecified atom stereocenters. The Morgan fingerprint density at radius 1 is 0.947 bits per heavy atom. The highest BCUT2D eigenvalue weighted by Gasteiger charge is 2.20. The Labute approximate surface area is 118 Å². The minimum Gasteiger partial charge on any atom is -0.531 e. The Morgan fingerprint density at radius 2 is 1.53 bits per heavy atom. The van der Waals surface area contributed by atoms with Gasteiger partial charge in [-0.3, -0.25) is 0 Å². The lowest BCUT2D eigenvalue weighted by Crippen LogP contribution is -2.31. The van der Waals surface area contributed by atoms with Gasteiger partial charge < -0.3 is 8.85 Å². The number of benzene rings is 1. The van der Waals surface area contributed by atoms with Crippen LogP contribution in [-0.2, 0) is 8.85 Å². The number of aliphatic imine (C=N–C) groups is 1. The predicted molar refractivity (Wildman–Crippen MR) is 86.7 cm³/mol. The van der Waals surface area contributed by atoms with Crippen LogP contribution < -0.4 is 0 Å². The van der Waals surface area contributed by atoms with Gasteiger partial charge in [0.25, 0.3) is 0 Å². The lowest BCUT2D eigenvalue weighted by atomic mass is 10.2. The molecule has 5 heteroatoms. The second-order valence-corrected chi connectivity index (χ2v) is 15.4. The fourth-order valence-electron chi connectivity index (χ4n) is 1.34. The Balaban J connectivity index is 2.84. The molecule has 1 aromatic rings. The van der Waals surface area contributed by atoms with Crippen molar-refractivity contribution in [2.45, 2.75) is 39.3 Å². The third-order valence-corrected chi connectivity index (χ3v) is 3.93. The molecule has 0 aliphatic carbocycles. The highest BCUT2D eigenvalue weighted by Crippen LogP contribution is 2.11. The van der Waals surface area contributed by atoms with E-state index in [0.29, 0.717) is 12.6 Å². The molecule has 1 rings (SSSR count). The summed E-state index contributed by atoms with van der Waals surface area (Å²) in [6.45, 7) is 13.3. The maximum absolute atomic E-state index is 6.06. The summed E-state index contributed by atoms with van der Waals surface area (Å²) in [6.07, 6.45) is 0. The zero-order valence-electron chi connectivity index (χ0n) is 12.9. The van der Waals surface area contributed by atoms with Crippen LogP contribution >= 0.6 is 0 Å². The van der Waals surface area contributed by atoms with E-state index in [1.54, 1.807) is 0 Å². The molecule has 0 atom stereocenters. The van der Waals surface area contributed by atoms with E-state index in [1.165, 1.54) is 0 Å². The smallest absolute Gasteiger partial charge is 0.244 e. The highest BCUT2D eigenvalue weighted by molar-refractivity contribution is 6.71. The van der Waals surface area contributed by atoms with Crippen molar-refractivity contribution in [1.29, 1.82) is 0 Å². The Bertz CT molecular complexity index is 419. The molecule has 3 nitrogen and oxygen atoms in total. The van der Waals surface area contributed by atoms with E-state index >= 15 is 0 Å². The minimum absolute atomic E-state index is 0.379. The molecule has 0 saturated heterocycles. The largest absolute Gasteiger partial charge is 0.531 e. The van der Waals surface area contributed by atoms with Crippen LogP contribution in [0.25, 0.3) is 0 Å². The van der Waals surface area contributed by atoms with Crippen molar-refractivity contribution >= 4 is 22.5 Å². The monoisotopic (exact) mass is 295 g/mol. The molecular formula is C14H25NO2Si2. The molecule has 19 heavy (non-hydrogen) atoms. The van der Waals surface area contributed by atoms with Crippen LogP contribution in [0.5, 0.6) is 0 Å². The van der Waals surface area contributed by atoms with Crippen molar-refractivity contribution in [2.75, 3.05) is 6.73 Å². The molecule has 0 spiro atoms. The number of hydrogen-bond donors (Lipinski definition) is 0. The molecular weight excluding hydrogens is 270 g/mol. The molecule has 1 aromatic carbocycles. The fraction of sp³-hybridized carbons (Fsp3) is 0.500. The summed E-state index contributed by atoms with van der Waals surface area (Å²) >= 11 is 0. The van der Waals surface area contributed by atoms with E-state index in [-0.39, 0.29) is 0 Å². The molecule has 0 aliphatic heterocycles. The molecule has 0 aromatic heterocycles. The normalized spacial score (nSPS) is 13.5. The molecule has 0 aliphatic rings. The van der Waals surface area contributed by atoms with Gasteiger partial charge in [0.15, 0.2) is 8.32 Å². The van der Waals surface area contributed by atoms with E-state index in [1.807, 2.05) is 30.3 Å². The van der Waals surface area contributed by atoms with Gasteiger partial charge in [-0.05, 0) is 51.4 Å². The number of nitrogens with zero attached hydrogens (tertiary/aromatic N) is 1. The highest BCUT2D eigenvalue weighted by atomic mass is 28.4. The van der Waals surface area contributed by atoms with Crippen LogP contribution in [0.4, 0.5) is 0 Å². The van der Waals surface area contributed by atoms with Crippen molar-refractivity contribution in [3.63, 3.8) is 0 Å². The molecule has 0 fully saturated rings. The van der Waals surface area contributed by atoms with Gasteiger partial charge in [-0.25, -0.2) is 4.99 Å². The third-order valence-electron chi connectivity index (χ3n) is 2.13. The van der Waals surface area contributed by atoms with Gasteiger partial charge in [0, 0.05) is 5.56 Å². The average Bonchev–Trinajstić information content (AvgIpc) is 2.25. The van der Waals surface area contributed by atoms with Gasteiger partial charge in [0.05, 0.1) is 0 Å². The van der Waals surface area contributed by atoms with Crippen molar-refractivity contribution in [2.24, 2.45) is 4.99 Å². The van der Waals surface area contributed by atoms with E-state index < -0.39 is 16.6 Å². The maximum atomic E-state index is 6.06. The quantitative estimate of drug-likeness (QED) is 0.465. The Kier molecular flexibility index (Phi) is 5.52. The Morgan fingerprint density at radius 3 is 2.00 bits per heavy atom. The van der Waals surface area contributed by atoms with Crippen LogP contribution in [0.3, 0.4) is 0 Å². The minimum atomic E-state index is -1.67. The van der Waals surface area contributed by atoms with E-state index in [2.05, 4.69) is 44.3 Å². The van der Waals surface area contributed by atoms with Crippen LogP contribution in [-0.4, -0.2) is 29.3 Å². The van der Waals surface area contributed by atoms with Crippen molar-refractivity contribution in [3.05, 3.63) is 35.9 Å². The fourth-order valence-corrected chi connectivity index (χ4v) is 2.55. The summed E-state index contributed by atoms with van der Waals surface area (Å²) in [7, 11) is -3.21. The van der Waals surface area contributed by atoms with Crippen LogP contribution in [0.2, 0.25) is 39.3 Å². The Hall–Kier alpha value is -0.916. The molecule has 0 saturated carbocycles. The second kappa shape index (κ2) is 6.50. The standard InChI is InChI=1S/C14H25NO2Si2/c1-18(2,3)16-12-15-14(17-19(4,5)6)13-10-8-7-9-11-13/h7-11H,12H2,1-6H3/b15-14-. The van der Waals surface area contributed by atoms with Crippen LogP contribution in [0, 0.1) is 0 Å². The van der Waals surface area contributed by atoms with Crippen LogP contribution in [0.1, 0.15) is 5.56 Å². The van der Waals surface area contributed by atoms with E-state index in [9.17, 15) is 0 Å². The zero-order chi connectivity index (χ0) is 14.5. The van der Waals surface area contributed by atoms with Gasteiger partial charge in [0.1, 0.15) is 6.73 Å². The summed E-state index contributed by atoms with van der Waals surface area (Å²) in [5, 5.41) is 0. The predicted octanol–water partition coefficient (Wildman–Crippen LogP) is 4.09. The van der Waals surface area contributed by atoms with Gasteiger partial charge in [-0.15, -0.1) is 0 Å². The van der Waals surface area contributed by atoms with Gasteiger partial charge in [0.2, 0.25) is 14.2 Å². The first-order valence-corrected chi connectivity index (χ1v) is 13.4. The lowest BCUT2D eigenvalue weighted by molar-refractivity contribution is 0.321. The van der Waals surface area contributed by atoms with Crippen molar-refractivity contribution in [1.82, 2.24) is 0 Å². The third kappa shape index (κ3) is 7.29. The summed E-state index contributed by atoms with van der Waals surface area (Å²) in [6, 6.07) is 10.0. The van der Waals surface area contributed by atoms with E-state index in [0.717, 1.165) is 5.56 Å². The molecule has 0 heterocycles. The van der Waals surface area contributed by atoms with Crippen molar-refractivity contribution < 1.29 is 8.85 Å². The molecule has 106 valence electrons. The van der Waals surface area contributed by atoms with Crippen molar-refractivity contribution in [3.8, 4) is 0 Å². The van der Waals surface area contributed by atoms with E-state index in [4.69, 9.17) is 8.85 Å². The summed E-state index contributed by atoms with van der Waals surface area (Å²) in [5.74, 6) is 0.706. The average molecular weight is 296 g/mol. The number of rotatable bonds is 5. The first-order chi connectivity index (χ1) is 8.67. The second-order valence-electron chi connectivity index (χ2n) is 6.43. The first kappa shape index (κ1) is 16.1. The molecule has 0 N–H and O–H groups in total. The number of hydrogen-bond acceptors (Lipinski definition) is 3. The summed E-state index contributed by atoms with van der Waals surface area (Å²) in [5.41, 5.74) is 1.02. The topological polar surface area (TPSA) is 30.8 Å².